The Labute approximate surface area is 118 Å². The van der Waals surface area contributed by atoms with Crippen LogP contribution >= 0.6 is 11.3 Å². The number of nitrogens with two attached hydrogens (primary N) is 1. The third kappa shape index (κ3) is 4.26. The second-order valence-corrected chi connectivity index (χ2v) is 5.30. The second kappa shape index (κ2) is 8.24. The number of thiazole rings is 1. The molecule has 0 aliphatic rings. The summed E-state index contributed by atoms with van der Waals surface area (Å²) >= 11 is 1.46. The van der Waals surface area contributed by atoms with Crippen LogP contribution in [0, 0.1) is 0 Å². The first kappa shape index (κ1) is 16.1. The minimum atomic E-state index is -0.0951. The number of carbonyl (C=O) groups excluding carboxylic acids is 1. The van der Waals surface area contributed by atoms with Crippen molar-refractivity contribution in [1.82, 2.24) is 9.88 Å². The van der Waals surface area contributed by atoms with Crippen molar-refractivity contribution >= 4 is 17.2 Å². The summed E-state index contributed by atoms with van der Waals surface area (Å²) in [6.45, 7) is 4.96. The lowest BCUT2D eigenvalue weighted by Gasteiger charge is -2.29. The van der Waals surface area contributed by atoms with Gasteiger partial charge < -0.3 is 15.7 Å². The Morgan fingerprint density at radius 1 is 1.53 bits per heavy atom. The minimum Gasteiger partial charge on any atom is -0.395 e. The van der Waals surface area contributed by atoms with Gasteiger partial charge in [0.25, 0.3) is 5.91 Å². The Balaban J connectivity index is 2.85. The molecule has 0 radical (unpaired) electrons. The normalized spacial score (nSPS) is 11.0. The summed E-state index contributed by atoms with van der Waals surface area (Å²) in [6.07, 6.45) is 2.45. The Morgan fingerprint density at radius 3 is 2.74 bits per heavy atom. The van der Waals surface area contributed by atoms with Gasteiger partial charge in [0, 0.05) is 24.4 Å². The number of rotatable bonds is 8. The van der Waals surface area contributed by atoms with Crippen LogP contribution in [-0.4, -0.2) is 46.6 Å². The molecule has 0 fully saturated rings. The lowest BCUT2D eigenvalue weighted by atomic mass is 10.1. The molecule has 0 aliphatic heterocycles. The molecule has 108 valence electrons. The first-order valence-electron chi connectivity index (χ1n) is 6.74. The van der Waals surface area contributed by atoms with Gasteiger partial charge in [-0.05, 0) is 19.4 Å². The van der Waals surface area contributed by atoms with E-state index in [0.717, 1.165) is 17.8 Å². The summed E-state index contributed by atoms with van der Waals surface area (Å²) in [6, 6.07) is 0.152. The topological polar surface area (TPSA) is 79.5 Å². The monoisotopic (exact) mass is 285 g/mol. The SMILES string of the molecule is CCC(CC)N(CCO)C(=O)c1csc(CCN)n1. The standard InChI is InChI=1S/C13H23N3O2S/c1-3-10(4-2)16(7-8-17)13(18)11-9-19-12(15-11)5-6-14/h9-10,17H,3-8,14H2,1-2H3. The number of aromatic nitrogens is 1. The Bertz CT molecular complexity index is 391. The average Bonchev–Trinajstić information content (AvgIpc) is 2.87. The molecule has 6 heteroatoms. The second-order valence-electron chi connectivity index (χ2n) is 4.36. The summed E-state index contributed by atoms with van der Waals surface area (Å²) in [5.41, 5.74) is 5.95. The van der Waals surface area contributed by atoms with Gasteiger partial charge in [-0.1, -0.05) is 13.8 Å². The maximum Gasteiger partial charge on any atom is 0.273 e. The van der Waals surface area contributed by atoms with Crippen molar-refractivity contribution in [2.75, 3.05) is 19.7 Å². The van der Waals surface area contributed by atoms with Gasteiger partial charge in [-0.25, -0.2) is 4.98 Å². The summed E-state index contributed by atoms with van der Waals surface area (Å²) in [5.74, 6) is -0.0951. The molecule has 5 nitrogen and oxygen atoms in total. The molecule has 0 spiro atoms. The van der Waals surface area contributed by atoms with E-state index in [2.05, 4.69) is 4.98 Å². The Kier molecular flexibility index (Phi) is 6.97. The smallest absolute Gasteiger partial charge is 0.273 e. The highest BCUT2D eigenvalue weighted by atomic mass is 32.1. The fourth-order valence-corrected chi connectivity index (χ4v) is 2.87. The Morgan fingerprint density at radius 2 is 2.21 bits per heavy atom. The van der Waals surface area contributed by atoms with Crippen LogP contribution in [0.2, 0.25) is 0 Å². The molecule has 0 aliphatic carbocycles. The van der Waals surface area contributed by atoms with Gasteiger partial charge in [0.05, 0.1) is 11.6 Å². The van der Waals surface area contributed by atoms with E-state index in [9.17, 15) is 4.79 Å². The van der Waals surface area contributed by atoms with Gasteiger partial charge in [-0.3, -0.25) is 4.79 Å². The molecule has 0 atom stereocenters. The molecule has 1 heterocycles. The summed E-state index contributed by atoms with van der Waals surface area (Å²) < 4.78 is 0. The van der Waals surface area contributed by atoms with Gasteiger partial charge in [0.15, 0.2) is 0 Å². The fourth-order valence-electron chi connectivity index (χ4n) is 2.08. The zero-order valence-corrected chi connectivity index (χ0v) is 12.4. The Hall–Kier alpha value is -0.980. The van der Waals surface area contributed by atoms with Crippen LogP contribution in [0.3, 0.4) is 0 Å². The van der Waals surface area contributed by atoms with E-state index >= 15 is 0 Å². The highest BCUT2D eigenvalue weighted by Crippen LogP contribution is 2.16. The third-order valence-electron chi connectivity index (χ3n) is 3.11. The molecule has 0 unspecified atom stereocenters. The van der Waals surface area contributed by atoms with Gasteiger partial charge >= 0.3 is 0 Å². The van der Waals surface area contributed by atoms with E-state index in [1.165, 1.54) is 11.3 Å². The number of hydrogen-bond acceptors (Lipinski definition) is 5. The van der Waals surface area contributed by atoms with Crippen LogP contribution in [-0.2, 0) is 6.42 Å². The zero-order valence-electron chi connectivity index (χ0n) is 11.6. The van der Waals surface area contributed by atoms with E-state index < -0.39 is 0 Å². The quantitative estimate of drug-likeness (QED) is 0.754. The molecule has 0 saturated carbocycles. The number of aliphatic hydroxyl groups excluding tert-OH is 1. The third-order valence-corrected chi connectivity index (χ3v) is 4.02. The van der Waals surface area contributed by atoms with E-state index in [-0.39, 0.29) is 18.6 Å². The van der Waals surface area contributed by atoms with Crippen molar-refractivity contribution in [3.8, 4) is 0 Å². The predicted molar refractivity (Wildman–Crippen MR) is 77.4 cm³/mol. The van der Waals surface area contributed by atoms with Crippen LogP contribution in [0.25, 0.3) is 0 Å². The zero-order chi connectivity index (χ0) is 14.3. The van der Waals surface area contributed by atoms with Crippen molar-refractivity contribution in [2.24, 2.45) is 5.73 Å². The van der Waals surface area contributed by atoms with Crippen LogP contribution in [0.5, 0.6) is 0 Å². The highest BCUT2D eigenvalue weighted by Gasteiger charge is 2.23. The predicted octanol–water partition coefficient (Wildman–Crippen LogP) is 1.27. The molecule has 3 N–H and O–H groups in total. The maximum absolute atomic E-state index is 12.4. The van der Waals surface area contributed by atoms with Gasteiger partial charge in [0.1, 0.15) is 5.69 Å². The fraction of sp³-hybridized carbons (Fsp3) is 0.692. The lowest BCUT2D eigenvalue weighted by molar-refractivity contribution is 0.0617. The van der Waals surface area contributed by atoms with Crippen molar-refractivity contribution in [3.05, 3.63) is 16.1 Å². The van der Waals surface area contributed by atoms with E-state index in [1.54, 1.807) is 10.3 Å². The molecule has 0 saturated heterocycles. The van der Waals surface area contributed by atoms with Crippen molar-refractivity contribution in [1.29, 1.82) is 0 Å². The number of hydrogen-bond donors (Lipinski definition) is 2. The summed E-state index contributed by atoms with van der Waals surface area (Å²) in [7, 11) is 0. The van der Waals surface area contributed by atoms with Crippen molar-refractivity contribution in [3.63, 3.8) is 0 Å². The van der Waals surface area contributed by atoms with Crippen LogP contribution < -0.4 is 5.73 Å². The largest absolute Gasteiger partial charge is 0.395 e. The van der Waals surface area contributed by atoms with Crippen LogP contribution in [0.15, 0.2) is 5.38 Å². The minimum absolute atomic E-state index is 0.0258. The first-order chi connectivity index (χ1) is 9.17. The number of carbonyl (C=O) groups is 1. The number of nitrogens with zero attached hydrogens (tertiary/aromatic N) is 2. The van der Waals surface area contributed by atoms with Crippen molar-refractivity contribution in [2.45, 2.75) is 39.2 Å². The van der Waals surface area contributed by atoms with E-state index in [4.69, 9.17) is 10.8 Å². The van der Waals surface area contributed by atoms with Gasteiger partial charge in [0.2, 0.25) is 0 Å². The summed E-state index contributed by atoms with van der Waals surface area (Å²) in [5, 5.41) is 11.8. The molecular weight excluding hydrogens is 262 g/mol. The molecule has 19 heavy (non-hydrogen) atoms. The molecule has 0 bridgehead atoms. The van der Waals surface area contributed by atoms with Gasteiger partial charge in [-0.2, -0.15) is 0 Å². The van der Waals surface area contributed by atoms with E-state index in [0.29, 0.717) is 25.2 Å². The number of amides is 1. The molecule has 1 aromatic rings. The maximum atomic E-state index is 12.4. The molecular formula is C13H23N3O2S. The molecule has 0 aromatic carbocycles. The first-order valence-corrected chi connectivity index (χ1v) is 7.62. The van der Waals surface area contributed by atoms with Crippen LogP contribution in [0.4, 0.5) is 0 Å². The van der Waals surface area contributed by atoms with Crippen LogP contribution in [0.1, 0.15) is 42.2 Å². The molecule has 1 aromatic heterocycles. The van der Waals surface area contributed by atoms with E-state index in [1.807, 2.05) is 13.8 Å². The lowest BCUT2D eigenvalue weighted by Crippen LogP contribution is -2.41. The highest BCUT2D eigenvalue weighted by molar-refractivity contribution is 7.09. The average molecular weight is 285 g/mol. The molecule has 1 rings (SSSR count). The number of aliphatic hydroxyl groups is 1. The van der Waals surface area contributed by atoms with Crippen molar-refractivity contribution < 1.29 is 9.90 Å². The molecule has 1 amide bonds. The van der Waals surface area contributed by atoms with Gasteiger partial charge in [-0.15, -0.1) is 11.3 Å². The summed E-state index contributed by atoms with van der Waals surface area (Å²) in [4.78, 5) is 18.5.